The number of hydrogen-bond acceptors (Lipinski definition) is 7. The topological polar surface area (TPSA) is 124 Å². The summed E-state index contributed by atoms with van der Waals surface area (Å²) in [7, 11) is -1.07. The van der Waals surface area contributed by atoms with Crippen molar-refractivity contribution in [3.63, 3.8) is 0 Å². The molecule has 2 N–H and O–H groups in total. The van der Waals surface area contributed by atoms with Crippen LogP contribution in [0.5, 0.6) is 0 Å². The largest absolute Gasteiger partial charge is 0.465 e. The molecule has 1 aromatic carbocycles. The molecule has 1 aliphatic rings. The van der Waals surface area contributed by atoms with E-state index in [9.17, 15) is 18.0 Å². The fourth-order valence-corrected chi connectivity index (χ4v) is 4.95. The lowest BCUT2D eigenvalue weighted by Crippen LogP contribution is -2.60. The van der Waals surface area contributed by atoms with Gasteiger partial charge in [0.1, 0.15) is 6.04 Å². The minimum absolute atomic E-state index is 0.0131. The van der Waals surface area contributed by atoms with E-state index in [1.165, 1.54) is 26.4 Å². The minimum Gasteiger partial charge on any atom is -0.465 e. The summed E-state index contributed by atoms with van der Waals surface area (Å²) in [5.41, 5.74) is 1.53. The summed E-state index contributed by atoms with van der Waals surface area (Å²) in [6, 6.07) is 6.36. The van der Waals surface area contributed by atoms with Crippen LogP contribution in [0.1, 0.15) is 18.2 Å². The molecule has 11 nitrogen and oxygen atoms in total. The van der Waals surface area contributed by atoms with Crippen molar-refractivity contribution in [2.24, 2.45) is 0 Å². The van der Waals surface area contributed by atoms with Gasteiger partial charge in [-0.05, 0) is 32.0 Å². The van der Waals surface area contributed by atoms with Crippen LogP contribution in [0, 0.1) is 12.7 Å². The number of halogens is 1. The van der Waals surface area contributed by atoms with Gasteiger partial charge in [-0.15, -0.1) is 0 Å². The first kappa shape index (κ1) is 27.5. The Morgan fingerprint density at radius 3 is 2.58 bits per heavy atom. The molecule has 0 saturated carbocycles. The molecule has 0 radical (unpaired) electrons. The number of hydrogen-bond donors (Lipinski definition) is 2. The SMILES string of the molecule is CCOC(=O)[C@@H]1CN(Cc2cccc(NC(=O)Nc3ccc(C)nc3)c2F)CCN1S(=O)(=O)N(C)C. The van der Waals surface area contributed by atoms with Crippen molar-refractivity contribution in [1.29, 1.82) is 0 Å². The van der Waals surface area contributed by atoms with Crippen molar-refractivity contribution in [2.75, 3.05) is 51.0 Å². The second kappa shape index (κ2) is 11.7. The summed E-state index contributed by atoms with van der Waals surface area (Å²) in [4.78, 5) is 30.8. The Labute approximate surface area is 210 Å². The van der Waals surface area contributed by atoms with E-state index in [-0.39, 0.29) is 44.0 Å². The number of aryl methyl sites for hydroxylation is 1. The fraction of sp³-hybridized carbons (Fsp3) is 0.435. The van der Waals surface area contributed by atoms with Gasteiger partial charge in [-0.3, -0.25) is 14.7 Å². The molecule has 0 aliphatic carbocycles. The molecule has 2 aromatic rings. The lowest BCUT2D eigenvalue weighted by molar-refractivity contribution is -0.149. The molecule has 2 heterocycles. The third kappa shape index (κ3) is 6.55. The number of carbonyl (C=O) groups excluding carboxylic acids is 2. The molecule has 13 heteroatoms. The van der Waals surface area contributed by atoms with Crippen LogP contribution in [0.3, 0.4) is 0 Å². The van der Waals surface area contributed by atoms with Crippen LogP contribution < -0.4 is 10.6 Å². The van der Waals surface area contributed by atoms with Gasteiger partial charge in [-0.1, -0.05) is 12.1 Å². The number of carbonyl (C=O) groups is 2. The highest BCUT2D eigenvalue weighted by atomic mass is 32.2. The number of pyridine rings is 1. The van der Waals surface area contributed by atoms with Gasteiger partial charge in [0.15, 0.2) is 5.82 Å². The van der Waals surface area contributed by atoms with Crippen molar-refractivity contribution >= 4 is 33.6 Å². The van der Waals surface area contributed by atoms with Gasteiger partial charge in [0.05, 0.1) is 24.2 Å². The van der Waals surface area contributed by atoms with Gasteiger partial charge in [-0.25, -0.2) is 9.18 Å². The number of ether oxygens (including phenoxy) is 1. The van der Waals surface area contributed by atoms with E-state index in [0.717, 1.165) is 14.3 Å². The maximum Gasteiger partial charge on any atom is 0.325 e. The number of nitrogens with one attached hydrogen (secondary N) is 2. The van der Waals surface area contributed by atoms with Gasteiger partial charge in [0, 0.05) is 51.5 Å². The monoisotopic (exact) mass is 522 g/mol. The van der Waals surface area contributed by atoms with E-state index in [0.29, 0.717) is 5.69 Å². The molecule has 3 rings (SSSR count). The Morgan fingerprint density at radius 2 is 1.94 bits per heavy atom. The average Bonchev–Trinajstić information content (AvgIpc) is 2.83. The standard InChI is InChI=1S/C23H31FN6O5S/c1-5-35-22(31)20-15-29(11-12-30(20)36(33,34)28(3)4)14-17-7-6-8-19(21(17)24)27-23(32)26-18-10-9-16(2)25-13-18/h6-10,13,20H,5,11-12,14-15H2,1-4H3,(H2,26,27,32)/t20-/m0/s1. The van der Waals surface area contributed by atoms with Gasteiger partial charge in [0.2, 0.25) is 0 Å². The number of esters is 1. The highest BCUT2D eigenvalue weighted by Crippen LogP contribution is 2.23. The summed E-state index contributed by atoms with van der Waals surface area (Å²) in [6.45, 7) is 4.02. The molecule has 1 aromatic heterocycles. The molecule has 1 fully saturated rings. The maximum absolute atomic E-state index is 15.2. The van der Waals surface area contributed by atoms with Gasteiger partial charge in [-0.2, -0.15) is 17.0 Å². The van der Waals surface area contributed by atoms with Crippen LogP contribution in [0.25, 0.3) is 0 Å². The number of urea groups is 1. The summed E-state index contributed by atoms with van der Waals surface area (Å²) >= 11 is 0. The van der Waals surface area contributed by atoms with E-state index in [4.69, 9.17) is 4.74 Å². The van der Waals surface area contributed by atoms with Gasteiger partial charge < -0.3 is 15.4 Å². The quantitative estimate of drug-likeness (QED) is 0.509. The molecule has 36 heavy (non-hydrogen) atoms. The Morgan fingerprint density at radius 1 is 1.19 bits per heavy atom. The van der Waals surface area contributed by atoms with Crippen molar-refractivity contribution in [3.05, 3.63) is 53.6 Å². The fourth-order valence-electron chi connectivity index (χ4n) is 3.75. The van der Waals surface area contributed by atoms with Crippen LogP contribution in [-0.2, 0) is 26.3 Å². The average molecular weight is 523 g/mol. The lowest BCUT2D eigenvalue weighted by atomic mass is 10.1. The molecular weight excluding hydrogens is 491 g/mol. The number of rotatable bonds is 8. The first-order chi connectivity index (χ1) is 17.0. The summed E-state index contributed by atoms with van der Waals surface area (Å²) < 4.78 is 48.0. The zero-order valence-corrected chi connectivity index (χ0v) is 21.5. The van der Waals surface area contributed by atoms with Crippen molar-refractivity contribution in [2.45, 2.75) is 26.4 Å². The number of nitrogens with zero attached hydrogens (tertiary/aromatic N) is 4. The van der Waals surface area contributed by atoms with Crippen LogP contribution in [0.2, 0.25) is 0 Å². The number of benzene rings is 1. The summed E-state index contributed by atoms with van der Waals surface area (Å²) in [6.07, 6.45) is 1.50. The molecule has 0 bridgehead atoms. The van der Waals surface area contributed by atoms with E-state index in [1.807, 2.05) is 6.92 Å². The highest BCUT2D eigenvalue weighted by Gasteiger charge is 2.41. The molecule has 0 spiro atoms. The van der Waals surface area contributed by atoms with Gasteiger partial charge >= 0.3 is 12.0 Å². The smallest absolute Gasteiger partial charge is 0.325 e. The predicted molar refractivity (Wildman–Crippen MR) is 133 cm³/mol. The second-order valence-electron chi connectivity index (χ2n) is 8.45. The van der Waals surface area contributed by atoms with Crippen molar-refractivity contribution in [1.82, 2.24) is 18.5 Å². The zero-order chi connectivity index (χ0) is 26.5. The predicted octanol–water partition coefficient (Wildman–Crippen LogP) is 2.03. The van der Waals surface area contributed by atoms with E-state index in [2.05, 4.69) is 15.6 Å². The van der Waals surface area contributed by atoms with Crippen LogP contribution in [0.4, 0.5) is 20.6 Å². The number of piperazine rings is 1. The van der Waals surface area contributed by atoms with E-state index < -0.39 is 34.1 Å². The first-order valence-electron chi connectivity index (χ1n) is 11.4. The van der Waals surface area contributed by atoms with Crippen molar-refractivity contribution < 1.29 is 27.1 Å². The highest BCUT2D eigenvalue weighted by molar-refractivity contribution is 7.86. The third-order valence-electron chi connectivity index (χ3n) is 5.62. The van der Waals surface area contributed by atoms with E-state index >= 15 is 4.39 Å². The third-order valence-corrected chi connectivity index (χ3v) is 7.57. The molecule has 0 unspecified atom stereocenters. The first-order valence-corrected chi connectivity index (χ1v) is 12.8. The molecule has 196 valence electrons. The number of aromatic nitrogens is 1. The zero-order valence-electron chi connectivity index (χ0n) is 20.7. The number of anilines is 2. The van der Waals surface area contributed by atoms with Gasteiger partial charge in [0.25, 0.3) is 10.2 Å². The normalized spacial score (nSPS) is 17.1. The summed E-state index contributed by atoms with van der Waals surface area (Å²) in [5.74, 6) is -1.28. The van der Waals surface area contributed by atoms with Crippen molar-refractivity contribution in [3.8, 4) is 0 Å². The Kier molecular flexibility index (Phi) is 8.95. The molecular formula is C23H31FN6O5S. The molecule has 1 saturated heterocycles. The Balaban J connectivity index is 1.72. The summed E-state index contributed by atoms with van der Waals surface area (Å²) in [5, 5.41) is 5.09. The maximum atomic E-state index is 15.2. The van der Waals surface area contributed by atoms with Crippen LogP contribution in [-0.4, -0.2) is 85.3 Å². The molecule has 1 atom stereocenters. The van der Waals surface area contributed by atoms with Crippen LogP contribution >= 0.6 is 0 Å². The number of amides is 2. The Bertz CT molecular complexity index is 1190. The lowest BCUT2D eigenvalue weighted by Gasteiger charge is -2.40. The Hall–Kier alpha value is -3.13. The minimum atomic E-state index is -3.86. The molecule has 1 aliphatic heterocycles. The molecule has 2 amide bonds. The van der Waals surface area contributed by atoms with E-state index in [1.54, 1.807) is 36.1 Å². The van der Waals surface area contributed by atoms with Crippen LogP contribution in [0.15, 0.2) is 36.5 Å². The second-order valence-corrected chi connectivity index (χ2v) is 10.5.